The predicted octanol–water partition coefficient (Wildman–Crippen LogP) is 6.38. The van der Waals surface area contributed by atoms with Gasteiger partial charge in [0.2, 0.25) is 0 Å². The number of β-amino-alcohol motifs (C(OH)–C–C–N with tert-alkyl or cyclic N) is 1. The van der Waals surface area contributed by atoms with E-state index in [0.717, 1.165) is 11.1 Å². The maximum Gasteiger partial charge on any atom is 0.573 e. The van der Waals surface area contributed by atoms with Crippen molar-refractivity contribution < 1.29 is 36.2 Å². The molecule has 36 heavy (non-hydrogen) atoms. The molecule has 0 aromatic heterocycles. The third-order valence-corrected chi connectivity index (χ3v) is 6.02. The molecule has 2 atom stereocenters. The molecule has 3 aromatic carbocycles. The lowest BCUT2D eigenvalue weighted by Gasteiger charge is -2.45. The Labute approximate surface area is 204 Å². The Morgan fingerprint density at radius 2 is 1.58 bits per heavy atom. The second-order valence-corrected chi connectivity index (χ2v) is 8.70. The summed E-state index contributed by atoms with van der Waals surface area (Å²) in [6.45, 7) is 1.67. The Kier molecular flexibility index (Phi) is 7.08. The molecule has 0 radical (unpaired) electrons. The molecule has 0 amide bonds. The van der Waals surface area contributed by atoms with Crippen molar-refractivity contribution in [1.29, 1.82) is 0 Å². The van der Waals surface area contributed by atoms with Gasteiger partial charge in [-0.1, -0.05) is 54.1 Å². The summed E-state index contributed by atoms with van der Waals surface area (Å²) in [7, 11) is 0. The van der Waals surface area contributed by atoms with E-state index in [1.165, 1.54) is 23.1 Å². The Hall–Kier alpha value is -3.40. The van der Waals surface area contributed by atoms with Gasteiger partial charge in [0.25, 0.3) is 0 Å². The first-order valence-electron chi connectivity index (χ1n) is 11.2. The van der Waals surface area contributed by atoms with Gasteiger partial charge in [-0.05, 0) is 42.3 Å². The molecule has 1 aliphatic rings. The van der Waals surface area contributed by atoms with E-state index in [2.05, 4.69) is 4.74 Å². The second kappa shape index (κ2) is 9.93. The monoisotopic (exact) mass is 510 g/mol. The number of aliphatic hydroxyl groups excluding tert-OH is 1. The van der Waals surface area contributed by atoms with E-state index in [1.54, 1.807) is 30.3 Å². The molecule has 0 bridgehead atoms. The van der Waals surface area contributed by atoms with Crippen molar-refractivity contribution in [3.8, 4) is 5.75 Å². The Morgan fingerprint density at radius 3 is 2.22 bits per heavy atom. The number of aryl methyl sites for hydroxylation is 1. The zero-order valence-corrected chi connectivity index (χ0v) is 19.2. The lowest BCUT2D eigenvalue weighted by molar-refractivity contribution is -0.274. The number of nitrogens with zero attached hydrogens (tertiary/aromatic N) is 2. The van der Waals surface area contributed by atoms with Crippen LogP contribution >= 0.6 is 0 Å². The average molecular weight is 510 g/mol. The van der Waals surface area contributed by atoms with Crippen LogP contribution in [0.5, 0.6) is 5.75 Å². The Bertz CT molecular complexity index is 1180. The largest absolute Gasteiger partial charge is 0.573 e. The fourth-order valence-electron chi connectivity index (χ4n) is 4.35. The highest BCUT2D eigenvalue weighted by Crippen LogP contribution is 2.42. The number of para-hydroxylation sites is 2. The normalized spacial score (nSPS) is 17.1. The van der Waals surface area contributed by atoms with Crippen molar-refractivity contribution >= 4 is 11.4 Å². The number of hydrogen-bond donors (Lipinski definition) is 1. The van der Waals surface area contributed by atoms with E-state index in [-0.39, 0.29) is 18.8 Å². The number of hydrogen-bond acceptors (Lipinski definition) is 4. The third-order valence-electron chi connectivity index (χ3n) is 6.02. The third kappa shape index (κ3) is 6.04. The van der Waals surface area contributed by atoms with Crippen LogP contribution in [0.15, 0.2) is 72.8 Å². The number of ether oxygens (including phenoxy) is 1. The van der Waals surface area contributed by atoms with Crippen molar-refractivity contribution in [1.82, 2.24) is 0 Å². The maximum atomic E-state index is 13.3. The van der Waals surface area contributed by atoms with Gasteiger partial charge in [0.05, 0.1) is 24.0 Å². The first kappa shape index (κ1) is 25.7. The van der Waals surface area contributed by atoms with Crippen LogP contribution < -0.4 is 14.5 Å². The lowest BCUT2D eigenvalue weighted by Crippen LogP contribution is -2.49. The van der Waals surface area contributed by atoms with Gasteiger partial charge >= 0.3 is 12.5 Å². The summed E-state index contributed by atoms with van der Waals surface area (Å²) < 4.78 is 82.0. The van der Waals surface area contributed by atoms with Gasteiger partial charge in [0, 0.05) is 13.1 Å². The molecule has 0 spiro atoms. The van der Waals surface area contributed by atoms with Crippen molar-refractivity contribution in [3.63, 3.8) is 0 Å². The van der Waals surface area contributed by atoms with Gasteiger partial charge in [-0.3, -0.25) is 0 Å². The van der Waals surface area contributed by atoms with Crippen LogP contribution in [0.25, 0.3) is 0 Å². The van der Waals surface area contributed by atoms with Crippen LogP contribution in [0.2, 0.25) is 0 Å². The summed E-state index contributed by atoms with van der Waals surface area (Å²) >= 11 is 0. The van der Waals surface area contributed by atoms with Crippen molar-refractivity contribution in [3.05, 3.63) is 89.5 Å². The minimum absolute atomic E-state index is 0.199. The van der Waals surface area contributed by atoms with E-state index in [4.69, 9.17) is 0 Å². The zero-order valence-electron chi connectivity index (χ0n) is 19.2. The van der Waals surface area contributed by atoms with E-state index in [1.807, 2.05) is 36.1 Å². The van der Waals surface area contributed by atoms with Crippen LogP contribution in [-0.4, -0.2) is 36.8 Å². The highest BCUT2D eigenvalue weighted by molar-refractivity contribution is 5.74. The topological polar surface area (TPSA) is 35.9 Å². The lowest BCUT2D eigenvalue weighted by atomic mass is 9.97. The minimum Gasteiger partial charge on any atom is -0.406 e. The fraction of sp³-hybridized carbons (Fsp3) is 0.308. The summed E-state index contributed by atoms with van der Waals surface area (Å²) in [5, 5.41) is 9.91. The standard InChI is InChI=1S/C26H24F6N2O2/c1-17-9-11-19(12-10-17)23-15-33(14-18-5-4-6-20(13-18)36-26(30,31)32)21-7-2-3-8-22(21)34(23)16-24(35)25(27,28)29/h2-13,23-24,35H,14-16H2,1H3/t23?,24-/m1/s1. The highest BCUT2D eigenvalue weighted by Gasteiger charge is 2.42. The summed E-state index contributed by atoms with van der Waals surface area (Å²) in [6, 6.07) is 19.3. The van der Waals surface area contributed by atoms with Crippen LogP contribution in [0.3, 0.4) is 0 Å². The van der Waals surface area contributed by atoms with Crippen LogP contribution in [0, 0.1) is 6.92 Å². The van der Waals surface area contributed by atoms with Gasteiger partial charge in [0.15, 0.2) is 6.10 Å². The summed E-state index contributed by atoms with van der Waals surface area (Å²) in [4.78, 5) is 3.45. The van der Waals surface area contributed by atoms with Gasteiger partial charge in [0.1, 0.15) is 5.75 Å². The minimum atomic E-state index is -4.83. The second-order valence-electron chi connectivity index (χ2n) is 8.70. The molecule has 1 aliphatic heterocycles. The molecule has 4 nitrogen and oxygen atoms in total. The molecule has 10 heteroatoms. The Morgan fingerprint density at radius 1 is 0.917 bits per heavy atom. The van der Waals surface area contributed by atoms with Gasteiger partial charge in [-0.15, -0.1) is 13.2 Å². The Balaban J connectivity index is 1.71. The molecule has 1 heterocycles. The van der Waals surface area contributed by atoms with E-state index in [0.29, 0.717) is 16.9 Å². The summed E-state index contributed by atoms with van der Waals surface area (Å²) in [6.07, 6.45) is -12.2. The fourth-order valence-corrected chi connectivity index (χ4v) is 4.35. The number of rotatable bonds is 6. The molecule has 0 fully saturated rings. The summed E-state index contributed by atoms with van der Waals surface area (Å²) in [5.74, 6) is -0.352. The first-order chi connectivity index (χ1) is 16.9. The van der Waals surface area contributed by atoms with Crippen LogP contribution in [0.4, 0.5) is 37.7 Å². The number of benzene rings is 3. The zero-order chi connectivity index (χ0) is 26.1. The number of halogens is 6. The van der Waals surface area contributed by atoms with Crippen LogP contribution in [0.1, 0.15) is 22.7 Å². The number of aliphatic hydroxyl groups is 1. The smallest absolute Gasteiger partial charge is 0.406 e. The molecule has 0 saturated heterocycles. The molecule has 192 valence electrons. The predicted molar refractivity (Wildman–Crippen MR) is 124 cm³/mol. The van der Waals surface area contributed by atoms with Crippen molar-refractivity contribution in [2.45, 2.75) is 38.2 Å². The molecule has 0 saturated carbocycles. The van der Waals surface area contributed by atoms with Gasteiger partial charge < -0.3 is 19.6 Å². The summed E-state index contributed by atoms with van der Waals surface area (Å²) in [5.41, 5.74) is 3.37. The molecular formula is C26H24F6N2O2. The highest BCUT2D eigenvalue weighted by atomic mass is 19.4. The molecule has 0 aliphatic carbocycles. The van der Waals surface area contributed by atoms with E-state index < -0.39 is 31.2 Å². The number of fused-ring (bicyclic) bond motifs is 1. The quantitative estimate of drug-likeness (QED) is 0.390. The molecule has 3 aromatic rings. The maximum absolute atomic E-state index is 13.3. The first-order valence-corrected chi connectivity index (χ1v) is 11.2. The van der Waals surface area contributed by atoms with E-state index >= 15 is 0 Å². The van der Waals surface area contributed by atoms with Crippen LogP contribution in [-0.2, 0) is 6.54 Å². The van der Waals surface area contributed by atoms with Gasteiger partial charge in [-0.25, -0.2) is 0 Å². The molecular weight excluding hydrogens is 486 g/mol. The molecule has 1 unspecified atom stereocenters. The van der Waals surface area contributed by atoms with Gasteiger partial charge in [-0.2, -0.15) is 13.2 Å². The number of alkyl halides is 6. The SMILES string of the molecule is Cc1ccc(C2CN(Cc3cccc(OC(F)(F)F)c3)c3ccccc3N2C[C@@H](O)C(F)(F)F)cc1. The van der Waals surface area contributed by atoms with E-state index in [9.17, 15) is 31.4 Å². The van der Waals surface area contributed by atoms with Crippen molar-refractivity contribution in [2.75, 3.05) is 22.9 Å². The number of anilines is 2. The average Bonchev–Trinajstić information content (AvgIpc) is 2.79. The molecule has 1 N–H and O–H groups in total. The van der Waals surface area contributed by atoms with Crippen molar-refractivity contribution in [2.24, 2.45) is 0 Å². The molecule has 4 rings (SSSR count).